The lowest BCUT2D eigenvalue weighted by atomic mass is 10.1. The minimum absolute atomic E-state index is 0.00901. The van der Waals surface area contributed by atoms with Crippen LogP contribution in [0.25, 0.3) is 0 Å². The molecule has 0 aromatic heterocycles. The first kappa shape index (κ1) is 13.8. The lowest BCUT2D eigenvalue weighted by Crippen LogP contribution is -2.33. The predicted octanol–water partition coefficient (Wildman–Crippen LogP) is 1.45. The van der Waals surface area contributed by atoms with Crippen LogP contribution in [0.2, 0.25) is 0 Å². The number of rotatable bonds is 4. The predicted molar refractivity (Wildman–Crippen MR) is 71.5 cm³/mol. The van der Waals surface area contributed by atoms with E-state index in [1.807, 2.05) is 0 Å². The van der Waals surface area contributed by atoms with Crippen molar-refractivity contribution in [1.82, 2.24) is 4.31 Å². The van der Waals surface area contributed by atoms with Gasteiger partial charge in [-0.15, -0.1) is 0 Å². The van der Waals surface area contributed by atoms with Crippen molar-refractivity contribution in [2.24, 2.45) is 0 Å². The molecule has 0 aliphatic carbocycles. The summed E-state index contributed by atoms with van der Waals surface area (Å²) in [7, 11) is -3.67. The Bertz CT molecular complexity index is 592. The standard InChI is InChI=1S/C12H16N2O4S/c1-9-5-4-6-10(11(9)12(15)16)13-19(17,18)14-7-2-3-8-14/h4-6,13H,2-3,7-8H2,1H3,(H,15,16). The SMILES string of the molecule is Cc1cccc(NS(=O)(=O)N2CCCC2)c1C(=O)O. The van der Waals surface area contributed by atoms with E-state index < -0.39 is 16.2 Å². The highest BCUT2D eigenvalue weighted by atomic mass is 32.2. The van der Waals surface area contributed by atoms with Crippen molar-refractivity contribution < 1.29 is 18.3 Å². The van der Waals surface area contributed by atoms with Gasteiger partial charge in [-0.1, -0.05) is 12.1 Å². The van der Waals surface area contributed by atoms with Crippen molar-refractivity contribution >= 4 is 21.9 Å². The third kappa shape index (κ3) is 2.87. The maximum absolute atomic E-state index is 12.1. The van der Waals surface area contributed by atoms with Gasteiger partial charge in [0.25, 0.3) is 0 Å². The number of anilines is 1. The van der Waals surface area contributed by atoms with E-state index in [2.05, 4.69) is 4.72 Å². The normalized spacial score (nSPS) is 16.5. The zero-order chi connectivity index (χ0) is 14.0. The molecule has 0 atom stereocenters. The second-order valence-corrected chi connectivity index (χ2v) is 6.19. The molecule has 0 bridgehead atoms. The van der Waals surface area contributed by atoms with Crippen LogP contribution in [0.5, 0.6) is 0 Å². The van der Waals surface area contributed by atoms with Crippen molar-refractivity contribution in [1.29, 1.82) is 0 Å². The third-order valence-electron chi connectivity index (χ3n) is 3.13. The third-order valence-corrected chi connectivity index (χ3v) is 4.65. The van der Waals surface area contributed by atoms with E-state index in [1.165, 1.54) is 10.4 Å². The summed E-state index contributed by atoms with van der Waals surface area (Å²) in [4.78, 5) is 11.2. The van der Waals surface area contributed by atoms with E-state index in [0.717, 1.165) is 12.8 Å². The lowest BCUT2D eigenvalue weighted by molar-refractivity contribution is 0.0697. The monoisotopic (exact) mass is 284 g/mol. The summed E-state index contributed by atoms with van der Waals surface area (Å²) in [5, 5.41) is 9.16. The molecule has 1 aromatic rings. The van der Waals surface area contributed by atoms with Crippen LogP contribution in [0.1, 0.15) is 28.8 Å². The number of carbonyl (C=O) groups is 1. The fourth-order valence-corrected chi connectivity index (χ4v) is 3.48. The summed E-state index contributed by atoms with van der Waals surface area (Å²) >= 11 is 0. The lowest BCUT2D eigenvalue weighted by Gasteiger charge is -2.18. The van der Waals surface area contributed by atoms with Crippen molar-refractivity contribution in [2.75, 3.05) is 17.8 Å². The molecular weight excluding hydrogens is 268 g/mol. The van der Waals surface area contributed by atoms with Crippen LogP contribution in [0, 0.1) is 6.92 Å². The Morgan fingerprint density at radius 3 is 2.53 bits per heavy atom. The number of aromatic carboxylic acids is 1. The number of hydrogen-bond donors (Lipinski definition) is 2. The largest absolute Gasteiger partial charge is 0.478 e. The Kier molecular flexibility index (Phi) is 3.77. The number of benzene rings is 1. The average molecular weight is 284 g/mol. The van der Waals surface area contributed by atoms with Crippen LogP contribution in [0.15, 0.2) is 18.2 Å². The molecule has 2 N–H and O–H groups in total. The van der Waals surface area contributed by atoms with Crippen LogP contribution in [-0.4, -0.2) is 36.9 Å². The van der Waals surface area contributed by atoms with Crippen molar-refractivity contribution in [3.05, 3.63) is 29.3 Å². The van der Waals surface area contributed by atoms with Gasteiger partial charge in [-0.2, -0.15) is 12.7 Å². The molecule has 0 unspecified atom stereocenters. The summed E-state index contributed by atoms with van der Waals surface area (Å²) in [6, 6.07) is 4.73. The molecule has 0 saturated carbocycles. The van der Waals surface area contributed by atoms with Gasteiger partial charge in [-0.3, -0.25) is 4.72 Å². The van der Waals surface area contributed by atoms with Crippen molar-refractivity contribution in [3.8, 4) is 0 Å². The summed E-state index contributed by atoms with van der Waals surface area (Å²) < 4.78 is 27.9. The van der Waals surface area contributed by atoms with E-state index >= 15 is 0 Å². The zero-order valence-electron chi connectivity index (χ0n) is 10.6. The molecule has 1 aliphatic heterocycles. The van der Waals surface area contributed by atoms with Gasteiger partial charge >= 0.3 is 16.2 Å². The van der Waals surface area contributed by atoms with Crippen LogP contribution < -0.4 is 4.72 Å². The van der Waals surface area contributed by atoms with Gasteiger partial charge in [-0.05, 0) is 31.4 Å². The molecule has 2 rings (SSSR count). The smallest absolute Gasteiger partial charge is 0.338 e. The van der Waals surface area contributed by atoms with Gasteiger partial charge < -0.3 is 5.11 Å². The molecule has 6 nitrogen and oxygen atoms in total. The number of hydrogen-bond acceptors (Lipinski definition) is 3. The molecule has 1 aromatic carbocycles. The van der Waals surface area contributed by atoms with Crippen LogP contribution in [0.4, 0.5) is 5.69 Å². The van der Waals surface area contributed by atoms with Gasteiger partial charge in [0.15, 0.2) is 0 Å². The molecule has 19 heavy (non-hydrogen) atoms. The summed E-state index contributed by atoms with van der Waals surface area (Å²) in [6.45, 7) is 2.59. The first-order valence-electron chi connectivity index (χ1n) is 6.02. The maximum atomic E-state index is 12.1. The maximum Gasteiger partial charge on any atom is 0.338 e. The van der Waals surface area contributed by atoms with Gasteiger partial charge in [0.05, 0.1) is 11.3 Å². The van der Waals surface area contributed by atoms with Gasteiger partial charge in [-0.25, -0.2) is 4.79 Å². The summed E-state index contributed by atoms with van der Waals surface area (Å²) in [5.74, 6) is -1.14. The zero-order valence-corrected chi connectivity index (χ0v) is 11.4. The minimum Gasteiger partial charge on any atom is -0.478 e. The highest BCUT2D eigenvalue weighted by molar-refractivity contribution is 7.90. The first-order valence-corrected chi connectivity index (χ1v) is 7.46. The summed E-state index contributed by atoms with van der Waals surface area (Å²) in [6.07, 6.45) is 1.67. The van der Waals surface area contributed by atoms with Gasteiger partial charge in [0.2, 0.25) is 0 Å². The molecule has 7 heteroatoms. The first-order chi connectivity index (χ1) is 8.92. The molecular formula is C12H16N2O4S. The van der Waals surface area contributed by atoms with E-state index in [0.29, 0.717) is 18.7 Å². The molecule has 0 spiro atoms. The van der Waals surface area contributed by atoms with Gasteiger partial charge in [0, 0.05) is 13.1 Å². The molecule has 0 radical (unpaired) electrons. The average Bonchev–Trinajstić information content (AvgIpc) is 2.81. The Labute approximate surface area is 112 Å². The van der Waals surface area contributed by atoms with Gasteiger partial charge in [0.1, 0.15) is 0 Å². The molecule has 0 amide bonds. The Balaban J connectivity index is 2.33. The number of carboxylic acids is 1. The topological polar surface area (TPSA) is 86.7 Å². The highest BCUT2D eigenvalue weighted by Crippen LogP contribution is 2.23. The second-order valence-electron chi connectivity index (χ2n) is 4.52. The van der Waals surface area contributed by atoms with Crippen LogP contribution >= 0.6 is 0 Å². The number of aryl methyl sites for hydroxylation is 1. The van der Waals surface area contributed by atoms with Crippen molar-refractivity contribution in [3.63, 3.8) is 0 Å². The Morgan fingerprint density at radius 2 is 1.95 bits per heavy atom. The number of carboxylic acid groups (broad SMARTS) is 1. The van der Waals surface area contributed by atoms with Crippen LogP contribution in [-0.2, 0) is 10.2 Å². The molecule has 1 fully saturated rings. The molecule has 1 saturated heterocycles. The quantitative estimate of drug-likeness (QED) is 0.876. The Hall–Kier alpha value is -1.60. The number of nitrogens with one attached hydrogen (secondary N) is 1. The minimum atomic E-state index is -3.67. The molecule has 1 aliphatic rings. The van der Waals surface area contributed by atoms with E-state index in [1.54, 1.807) is 19.1 Å². The van der Waals surface area contributed by atoms with Crippen molar-refractivity contribution in [2.45, 2.75) is 19.8 Å². The fraction of sp³-hybridized carbons (Fsp3) is 0.417. The fourth-order valence-electron chi connectivity index (χ4n) is 2.17. The highest BCUT2D eigenvalue weighted by Gasteiger charge is 2.26. The number of nitrogens with zero attached hydrogens (tertiary/aromatic N) is 1. The van der Waals surface area contributed by atoms with Crippen LogP contribution in [0.3, 0.4) is 0 Å². The van der Waals surface area contributed by atoms with E-state index in [4.69, 9.17) is 5.11 Å². The second kappa shape index (κ2) is 5.18. The molecule has 1 heterocycles. The van der Waals surface area contributed by atoms with E-state index in [9.17, 15) is 13.2 Å². The Morgan fingerprint density at radius 1 is 1.32 bits per heavy atom. The molecule has 104 valence electrons. The summed E-state index contributed by atoms with van der Waals surface area (Å²) in [5.41, 5.74) is 0.624. The van der Waals surface area contributed by atoms with E-state index in [-0.39, 0.29) is 11.3 Å².